The molecule has 1 atom stereocenters. The van der Waals surface area contributed by atoms with Crippen LogP contribution in [-0.2, 0) is 41.7 Å². The van der Waals surface area contributed by atoms with Gasteiger partial charge in [0.05, 0.1) is 16.3 Å². The number of pyridine rings is 1. The van der Waals surface area contributed by atoms with Crippen molar-refractivity contribution < 1.29 is 51.0 Å². The second kappa shape index (κ2) is 17.1. The molecular formula is C42H48F2N4O9S. The molecule has 58 heavy (non-hydrogen) atoms. The Morgan fingerprint density at radius 1 is 0.845 bits per heavy atom. The van der Waals surface area contributed by atoms with Gasteiger partial charge >= 0.3 is 18.2 Å². The average Bonchev–Trinajstić information content (AvgIpc) is 3.97. The largest absolute Gasteiger partial charge is 0.479 e. The quantitative estimate of drug-likeness (QED) is 0.117. The van der Waals surface area contributed by atoms with E-state index in [1.807, 2.05) is 6.92 Å². The predicted octanol–water partition coefficient (Wildman–Crippen LogP) is 8.89. The van der Waals surface area contributed by atoms with Crippen LogP contribution in [0.25, 0.3) is 10.8 Å². The predicted molar refractivity (Wildman–Crippen MR) is 215 cm³/mol. The van der Waals surface area contributed by atoms with Crippen molar-refractivity contribution in [3.05, 3.63) is 89.1 Å². The van der Waals surface area contributed by atoms with Gasteiger partial charge in [0.1, 0.15) is 22.8 Å². The van der Waals surface area contributed by atoms with Crippen LogP contribution in [0.3, 0.4) is 0 Å². The van der Waals surface area contributed by atoms with Crippen LogP contribution in [0.1, 0.15) is 96.9 Å². The molecule has 4 aromatic rings. The number of hydrogen-bond donors (Lipinski definition) is 3. The van der Waals surface area contributed by atoms with Gasteiger partial charge in [-0.2, -0.15) is 4.90 Å². The van der Waals surface area contributed by atoms with Crippen molar-refractivity contribution in [1.29, 1.82) is 0 Å². The molecule has 3 aromatic carbocycles. The zero-order chi connectivity index (χ0) is 42.7. The lowest BCUT2D eigenvalue weighted by atomic mass is 10.00. The van der Waals surface area contributed by atoms with Gasteiger partial charge < -0.3 is 25.2 Å². The van der Waals surface area contributed by atoms with Crippen LogP contribution in [0, 0.1) is 11.6 Å². The highest BCUT2D eigenvalue weighted by atomic mass is 32.2. The number of halogens is 2. The van der Waals surface area contributed by atoms with Gasteiger partial charge in [0, 0.05) is 28.6 Å². The van der Waals surface area contributed by atoms with Crippen molar-refractivity contribution in [3.63, 3.8) is 0 Å². The van der Waals surface area contributed by atoms with Crippen molar-refractivity contribution in [2.75, 3.05) is 15.5 Å². The van der Waals surface area contributed by atoms with E-state index in [2.05, 4.69) is 15.6 Å². The molecule has 1 unspecified atom stereocenters. The summed E-state index contributed by atoms with van der Waals surface area (Å²) in [5, 5.41) is 15.3. The Morgan fingerprint density at radius 3 is 2.07 bits per heavy atom. The van der Waals surface area contributed by atoms with Gasteiger partial charge in [-0.25, -0.2) is 36.6 Å². The maximum absolute atomic E-state index is 15.4. The maximum Gasteiger partial charge on any atom is 0.425 e. The number of aromatic nitrogens is 1. The minimum Gasteiger partial charge on any atom is -0.479 e. The first kappa shape index (κ1) is 43.5. The summed E-state index contributed by atoms with van der Waals surface area (Å²) in [7, 11) is -3.44. The molecule has 5 rings (SSSR count). The van der Waals surface area contributed by atoms with Crippen molar-refractivity contribution in [2.45, 2.75) is 114 Å². The summed E-state index contributed by atoms with van der Waals surface area (Å²) in [5.74, 6) is -3.59. The molecule has 1 aliphatic rings. The normalized spacial score (nSPS) is 13.7. The zero-order valence-electron chi connectivity index (χ0n) is 33.4. The third-order valence-corrected chi connectivity index (χ3v) is 11.3. The van der Waals surface area contributed by atoms with Crippen molar-refractivity contribution in [3.8, 4) is 0 Å². The zero-order valence-corrected chi connectivity index (χ0v) is 34.3. The number of carbonyl (C=O) groups excluding carboxylic acids is 3. The minimum atomic E-state index is -3.44. The van der Waals surface area contributed by atoms with E-state index in [0.717, 1.165) is 12.3 Å². The van der Waals surface area contributed by atoms with E-state index in [1.165, 1.54) is 42.5 Å². The number of fused-ring (bicyclic) bond motifs is 1. The number of rotatable bonds is 13. The average molecular weight is 823 g/mol. The van der Waals surface area contributed by atoms with Gasteiger partial charge in [-0.1, -0.05) is 25.5 Å². The van der Waals surface area contributed by atoms with Crippen LogP contribution in [0.4, 0.5) is 35.6 Å². The van der Waals surface area contributed by atoms with Crippen LogP contribution in [-0.4, -0.2) is 59.0 Å². The lowest BCUT2D eigenvalue weighted by Gasteiger charge is -2.28. The van der Waals surface area contributed by atoms with Gasteiger partial charge in [0.25, 0.3) is 0 Å². The molecule has 13 nitrogen and oxygen atoms in total. The standard InChI is InChI=1S/C42H48F2N4O9S/c1-8-9-25-21-27(13-18-34(25)58(54,55)29-14-15-29)46-35(49)19-11-24-20-26(10-17-32(24)43)36(38(50)51)47-28-12-16-30-31(22-28)33(44)23-45-37(30)48(39(52)56-41(2,3)4)40(53)57-42(5,6)7/h10,12-13,16-18,20-23,29,36,47H,8-9,11,14-15,19H2,1-7H3,(H,46,49)(H,50,51). The Morgan fingerprint density at radius 2 is 1.48 bits per heavy atom. The SMILES string of the molecule is CCCc1cc(NC(=O)CCc2cc(C(Nc3ccc4c(N(C(=O)OC(C)(C)C)C(=O)OC(C)(C)C)ncc(F)c4c3)C(=O)O)ccc2F)ccc1S(=O)(=O)C1CC1. The van der Waals surface area contributed by atoms with Gasteiger partial charge in [-0.3, -0.25) is 4.79 Å². The molecule has 1 saturated carbocycles. The number of aliphatic carboxylic acids is 1. The van der Waals surface area contributed by atoms with Gasteiger partial charge in [0.2, 0.25) is 5.91 Å². The molecule has 1 heterocycles. The second-order valence-corrected chi connectivity index (χ2v) is 18.3. The minimum absolute atomic E-state index is 0.0114. The highest BCUT2D eigenvalue weighted by Gasteiger charge is 2.38. The van der Waals surface area contributed by atoms with Crippen LogP contribution in [0.15, 0.2) is 65.7 Å². The summed E-state index contributed by atoms with van der Waals surface area (Å²) >= 11 is 0. The number of imide groups is 1. The smallest absolute Gasteiger partial charge is 0.425 e. The monoisotopic (exact) mass is 822 g/mol. The molecule has 16 heteroatoms. The molecule has 3 amide bonds. The molecule has 3 N–H and O–H groups in total. The molecular weight excluding hydrogens is 775 g/mol. The van der Waals surface area contributed by atoms with E-state index in [4.69, 9.17) is 9.47 Å². The number of nitrogens with zero attached hydrogens (tertiary/aromatic N) is 2. The van der Waals surface area contributed by atoms with Gasteiger partial charge in [-0.05, 0) is 126 Å². The highest BCUT2D eigenvalue weighted by Crippen LogP contribution is 2.36. The first-order chi connectivity index (χ1) is 27.1. The van der Waals surface area contributed by atoms with Crippen LogP contribution in [0.2, 0.25) is 0 Å². The summed E-state index contributed by atoms with van der Waals surface area (Å²) in [6.07, 6.45) is 0.795. The second-order valence-electron chi connectivity index (χ2n) is 16.1. The Labute approximate surface area is 336 Å². The molecule has 0 radical (unpaired) electrons. The maximum atomic E-state index is 15.4. The van der Waals surface area contributed by atoms with E-state index >= 15 is 8.78 Å². The highest BCUT2D eigenvalue weighted by molar-refractivity contribution is 7.92. The third kappa shape index (κ3) is 10.6. The third-order valence-electron chi connectivity index (χ3n) is 8.90. The molecule has 310 valence electrons. The van der Waals surface area contributed by atoms with E-state index in [9.17, 15) is 32.7 Å². The molecule has 0 spiro atoms. The number of nitrogens with one attached hydrogen (secondary N) is 2. The summed E-state index contributed by atoms with van der Waals surface area (Å²) in [6, 6.07) is 11.0. The number of hydrogen-bond acceptors (Lipinski definition) is 10. The number of amides is 3. The van der Waals surface area contributed by atoms with E-state index in [0.29, 0.717) is 41.8 Å². The molecule has 0 bridgehead atoms. The van der Waals surface area contributed by atoms with Crippen LogP contribution in [0.5, 0.6) is 0 Å². The fourth-order valence-electron chi connectivity index (χ4n) is 6.17. The van der Waals surface area contributed by atoms with Crippen LogP contribution >= 0.6 is 0 Å². The first-order valence-corrected chi connectivity index (χ1v) is 20.4. The number of carbonyl (C=O) groups is 4. The summed E-state index contributed by atoms with van der Waals surface area (Å²) < 4.78 is 67.1. The molecule has 0 saturated heterocycles. The number of ether oxygens (including phenoxy) is 2. The Hall–Kier alpha value is -5.64. The molecule has 1 aromatic heterocycles. The van der Waals surface area contributed by atoms with Gasteiger partial charge in [-0.15, -0.1) is 0 Å². The Balaban J connectivity index is 1.36. The number of benzene rings is 3. The first-order valence-electron chi connectivity index (χ1n) is 18.9. The van der Waals surface area contributed by atoms with Crippen molar-refractivity contribution in [1.82, 2.24) is 4.98 Å². The molecule has 1 fully saturated rings. The lowest BCUT2D eigenvalue weighted by Crippen LogP contribution is -2.44. The van der Waals surface area contributed by atoms with Gasteiger partial charge in [0.15, 0.2) is 21.7 Å². The fraction of sp³-hybridized carbons (Fsp3) is 0.405. The Bertz CT molecular complexity index is 2330. The lowest BCUT2D eigenvalue weighted by molar-refractivity contribution is -0.138. The van der Waals surface area contributed by atoms with Crippen molar-refractivity contribution >= 4 is 61.9 Å². The number of carboxylic acids is 1. The number of sulfone groups is 1. The topological polar surface area (TPSA) is 181 Å². The number of anilines is 3. The molecule has 0 aliphatic heterocycles. The molecule has 1 aliphatic carbocycles. The number of aryl methyl sites for hydroxylation is 2. The number of carboxylic acid groups (broad SMARTS) is 1. The van der Waals surface area contributed by atoms with E-state index in [-0.39, 0.29) is 56.4 Å². The summed E-state index contributed by atoms with van der Waals surface area (Å²) in [5.41, 5.74) is -0.672. The Kier molecular flexibility index (Phi) is 12.8. The summed E-state index contributed by atoms with van der Waals surface area (Å²) in [4.78, 5) is 57.0. The van der Waals surface area contributed by atoms with E-state index in [1.54, 1.807) is 47.6 Å². The fourth-order valence-corrected chi connectivity index (χ4v) is 8.07. The van der Waals surface area contributed by atoms with E-state index < -0.39 is 62.8 Å². The summed E-state index contributed by atoms with van der Waals surface area (Å²) in [6.45, 7) is 11.5. The van der Waals surface area contributed by atoms with Crippen LogP contribution < -0.4 is 15.5 Å². The van der Waals surface area contributed by atoms with Crippen molar-refractivity contribution in [2.24, 2.45) is 0 Å².